The van der Waals surface area contributed by atoms with Crippen LogP contribution >= 0.6 is 0 Å². The first-order chi connectivity index (χ1) is 17.4. The Hall–Kier alpha value is -4.07. The van der Waals surface area contributed by atoms with Crippen molar-refractivity contribution in [3.8, 4) is 0 Å². The molecule has 0 atom stereocenters. The number of fused-ring (bicyclic) bond motifs is 1. The Morgan fingerprint density at radius 2 is 1.58 bits per heavy atom. The van der Waals surface area contributed by atoms with Gasteiger partial charge in [-0.25, -0.2) is 14.6 Å². The van der Waals surface area contributed by atoms with Crippen LogP contribution in [0.1, 0.15) is 47.3 Å². The SMILES string of the molecule is Cc1cc(N2CCN(C(=O)c3nn(Cc4ccccc4)c(=O)c4ccccc34)CC2)nc(C(C)C)n1. The Balaban J connectivity index is 1.41. The fraction of sp³-hybridized carbons (Fsp3) is 0.321. The summed E-state index contributed by atoms with van der Waals surface area (Å²) in [4.78, 5) is 40.1. The molecule has 0 unspecified atom stereocenters. The van der Waals surface area contributed by atoms with Crippen molar-refractivity contribution in [3.05, 3.63) is 93.8 Å². The number of aromatic nitrogens is 4. The van der Waals surface area contributed by atoms with Gasteiger partial charge in [0, 0.05) is 49.2 Å². The summed E-state index contributed by atoms with van der Waals surface area (Å²) in [6, 6.07) is 18.9. The standard InChI is InChI=1S/C28H30N6O2/c1-19(2)26-29-20(3)17-24(30-26)32-13-15-33(16-14-32)28(36)25-22-11-7-8-12-23(22)27(35)34(31-25)18-21-9-5-4-6-10-21/h4-12,17,19H,13-16,18H2,1-3H3. The Bertz CT molecular complexity index is 1460. The van der Waals surface area contributed by atoms with E-state index in [4.69, 9.17) is 4.98 Å². The lowest BCUT2D eigenvalue weighted by Crippen LogP contribution is -2.49. The second kappa shape index (κ2) is 9.89. The smallest absolute Gasteiger partial charge is 0.275 e. The van der Waals surface area contributed by atoms with E-state index in [1.165, 1.54) is 4.68 Å². The van der Waals surface area contributed by atoms with Gasteiger partial charge in [0.1, 0.15) is 11.6 Å². The summed E-state index contributed by atoms with van der Waals surface area (Å²) in [5.41, 5.74) is 2.01. The topological polar surface area (TPSA) is 84.2 Å². The van der Waals surface area contributed by atoms with Crippen LogP contribution in [0.2, 0.25) is 0 Å². The van der Waals surface area contributed by atoms with Crippen LogP contribution in [-0.4, -0.2) is 56.7 Å². The van der Waals surface area contributed by atoms with Crippen LogP contribution in [0.4, 0.5) is 5.82 Å². The molecule has 184 valence electrons. The molecule has 1 fully saturated rings. The molecule has 0 spiro atoms. The van der Waals surface area contributed by atoms with Gasteiger partial charge in [0.05, 0.1) is 11.9 Å². The van der Waals surface area contributed by atoms with E-state index in [1.807, 2.05) is 60.4 Å². The summed E-state index contributed by atoms with van der Waals surface area (Å²) >= 11 is 0. The number of rotatable bonds is 5. The fourth-order valence-electron chi connectivity index (χ4n) is 4.54. The van der Waals surface area contributed by atoms with E-state index in [0.29, 0.717) is 49.2 Å². The van der Waals surface area contributed by atoms with E-state index in [1.54, 1.807) is 12.1 Å². The van der Waals surface area contributed by atoms with E-state index in [0.717, 1.165) is 22.9 Å². The number of carbonyl (C=O) groups is 1. The quantitative estimate of drug-likeness (QED) is 0.432. The fourth-order valence-corrected chi connectivity index (χ4v) is 4.54. The Morgan fingerprint density at radius 1 is 0.917 bits per heavy atom. The number of anilines is 1. The molecule has 1 amide bonds. The molecule has 1 aliphatic heterocycles. The summed E-state index contributed by atoms with van der Waals surface area (Å²) in [6.07, 6.45) is 0. The Labute approximate surface area is 210 Å². The number of aryl methyl sites for hydroxylation is 1. The zero-order chi connectivity index (χ0) is 25.2. The predicted octanol–water partition coefficient (Wildman–Crippen LogP) is 3.63. The van der Waals surface area contributed by atoms with E-state index in [9.17, 15) is 9.59 Å². The Kier molecular flexibility index (Phi) is 6.50. The number of hydrogen-bond donors (Lipinski definition) is 0. The first-order valence-electron chi connectivity index (χ1n) is 12.3. The van der Waals surface area contributed by atoms with Crippen LogP contribution in [0.5, 0.6) is 0 Å². The van der Waals surface area contributed by atoms with E-state index in [2.05, 4.69) is 28.8 Å². The molecule has 0 saturated carbocycles. The molecule has 4 aromatic rings. The highest BCUT2D eigenvalue weighted by molar-refractivity contribution is 6.04. The largest absolute Gasteiger partial charge is 0.353 e. The number of benzene rings is 2. The van der Waals surface area contributed by atoms with Crippen molar-refractivity contribution in [1.82, 2.24) is 24.6 Å². The van der Waals surface area contributed by atoms with E-state index >= 15 is 0 Å². The lowest BCUT2D eigenvalue weighted by Gasteiger charge is -2.35. The number of piperazine rings is 1. The molecule has 1 aliphatic rings. The monoisotopic (exact) mass is 482 g/mol. The van der Waals surface area contributed by atoms with Crippen molar-refractivity contribution in [2.75, 3.05) is 31.1 Å². The average Bonchev–Trinajstić information content (AvgIpc) is 2.90. The lowest BCUT2D eigenvalue weighted by molar-refractivity contribution is 0.0740. The molecule has 2 aromatic carbocycles. The number of amides is 1. The van der Waals surface area contributed by atoms with Gasteiger partial charge in [-0.05, 0) is 18.6 Å². The van der Waals surface area contributed by atoms with Crippen molar-refractivity contribution in [2.45, 2.75) is 33.2 Å². The molecule has 0 radical (unpaired) electrons. The molecule has 8 heteroatoms. The third-order valence-electron chi connectivity index (χ3n) is 6.51. The van der Waals surface area contributed by atoms with Crippen molar-refractivity contribution in [1.29, 1.82) is 0 Å². The molecular formula is C28H30N6O2. The minimum atomic E-state index is -0.198. The molecular weight excluding hydrogens is 452 g/mol. The molecule has 0 N–H and O–H groups in total. The van der Waals surface area contributed by atoms with Gasteiger partial charge in [0.2, 0.25) is 0 Å². The molecule has 0 aliphatic carbocycles. The normalized spacial score (nSPS) is 14.0. The van der Waals surface area contributed by atoms with Gasteiger partial charge < -0.3 is 9.80 Å². The zero-order valence-corrected chi connectivity index (χ0v) is 20.9. The minimum absolute atomic E-state index is 0.158. The Morgan fingerprint density at radius 3 is 2.28 bits per heavy atom. The molecule has 8 nitrogen and oxygen atoms in total. The molecule has 0 bridgehead atoms. The maximum Gasteiger partial charge on any atom is 0.275 e. The van der Waals surface area contributed by atoms with Crippen molar-refractivity contribution >= 4 is 22.5 Å². The summed E-state index contributed by atoms with van der Waals surface area (Å²) in [5.74, 6) is 1.82. The van der Waals surface area contributed by atoms with Crippen molar-refractivity contribution < 1.29 is 4.79 Å². The maximum absolute atomic E-state index is 13.7. The van der Waals surface area contributed by atoms with Gasteiger partial charge in [0.15, 0.2) is 5.69 Å². The van der Waals surface area contributed by atoms with Gasteiger partial charge in [-0.3, -0.25) is 9.59 Å². The van der Waals surface area contributed by atoms with Crippen LogP contribution in [0, 0.1) is 6.92 Å². The van der Waals surface area contributed by atoms with E-state index < -0.39 is 0 Å². The van der Waals surface area contributed by atoms with Gasteiger partial charge in [-0.1, -0.05) is 62.4 Å². The maximum atomic E-state index is 13.7. The van der Waals surface area contributed by atoms with Crippen LogP contribution in [0.25, 0.3) is 10.8 Å². The first-order valence-corrected chi connectivity index (χ1v) is 12.3. The highest BCUT2D eigenvalue weighted by atomic mass is 16.2. The van der Waals surface area contributed by atoms with Gasteiger partial charge >= 0.3 is 0 Å². The van der Waals surface area contributed by atoms with Gasteiger partial charge in [-0.2, -0.15) is 5.10 Å². The molecule has 5 rings (SSSR count). The lowest BCUT2D eigenvalue weighted by atomic mass is 10.1. The van der Waals surface area contributed by atoms with Crippen LogP contribution in [0.3, 0.4) is 0 Å². The highest BCUT2D eigenvalue weighted by Gasteiger charge is 2.27. The molecule has 1 saturated heterocycles. The summed E-state index contributed by atoms with van der Waals surface area (Å²) in [6.45, 7) is 8.90. The van der Waals surface area contributed by atoms with E-state index in [-0.39, 0.29) is 17.4 Å². The number of carbonyl (C=O) groups excluding carboxylic acids is 1. The molecule has 3 heterocycles. The van der Waals surface area contributed by atoms with Crippen molar-refractivity contribution in [3.63, 3.8) is 0 Å². The van der Waals surface area contributed by atoms with Crippen LogP contribution in [0.15, 0.2) is 65.5 Å². The second-order valence-corrected chi connectivity index (χ2v) is 9.50. The summed E-state index contributed by atoms with van der Waals surface area (Å²) in [7, 11) is 0. The second-order valence-electron chi connectivity index (χ2n) is 9.50. The van der Waals surface area contributed by atoms with Crippen LogP contribution in [-0.2, 0) is 6.54 Å². The minimum Gasteiger partial charge on any atom is -0.353 e. The molecule has 2 aromatic heterocycles. The van der Waals surface area contributed by atoms with Crippen molar-refractivity contribution in [2.24, 2.45) is 0 Å². The van der Waals surface area contributed by atoms with Gasteiger partial charge in [-0.15, -0.1) is 0 Å². The summed E-state index contributed by atoms with van der Waals surface area (Å²) < 4.78 is 1.40. The predicted molar refractivity (Wildman–Crippen MR) is 141 cm³/mol. The molecule has 36 heavy (non-hydrogen) atoms. The first kappa shape index (κ1) is 23.7. The summed E-state index contributed by atoms with van der Waals surface area (Å²) in [5, 5.41) is 5.66. The third-order valence-corrected chi connectivity index (χ3v) is 6.51. The van der Waals surface area contributed by atoms with Crippen LogP contribution < -0.4 is 10.5 Å². The highest BCUT2D eigenvalue weighted by Crippen LogP contribution is 2.21. The number of nitrogens with zero attached hydrogens (tertiary/aromatic N) is 6. The third kappa shape index (κ3) is 4.71. The average molecular weight is 483 g/mol. The van der Waals surface area contributed by atoms with Gasteiger partial charge in [0.25, 0.3) is 11.5 Å². The zero-order valence-electron chi connectivity index (χ0n) is 20.9. The number of hydrogen-bond acceptors (Lipinski definition) is 6.